The van der Waals surface area contributed by atoms with Crippen molar-refractivity contribution in [3.8, 4) is 5.75 Å². The summed E-state index contributed by atoms with van der Waals surface area (Å²) in [6.07, 6.45) is 2.47. The Labute approximate surface area is 255 Å². The van der Waals surface area contributed by atoms with Crippen LogP contribution in [0.5, 0.6) is 5.75 Å². The molecule has 0 radical (unpaired) electrons. The second-order valence-corrected chi connectivity index (χ2v) is 10.6. The number of nitrogens with zero attached hydrogens (tertiary/aromatic N) is 2. The van der Waals surface area contributed by atoms with Crippen LogP contribution in [0.1, 0.15) is 49.9 Å². The molecule has 0 saturated carbocycles. The molecule has 4 N–H and O–H groups in total. The van der Waals surface area contributed by atoms with E-state index in [-0.39, 0.29) is 24.1 Å². The Morgan fingerprint density at radius 2 is 1.91 bits per heavy atom. The molecular weight excluding hydrogens is 569 g/mol. The van der Waals surface area contributed by atoms with E-state index in [2.05, 4.69) is 28.2 Å². The van der Waals surface area contributed by atoms with Gasteiger partial charge in [0.2, 0.25) is 5.91 Å². The normalized spacial score (nSPS) is 15.3. The zero-order chi connectivity index (χ0) is 30.5. The zero-order valence-corrected chi connectivity index (χ0v) is 24.9. The molecule has 5 rings (SSSR count). The van der Waals surface area contributed by atoms with Gasteiger partial charge in [0.15, 0.2) is 0 Å². The number of hydrogen-bond acceptors (Lipinski definition) is 8. The molecule has 224 valence electrons. The maximum absolute atomic E-state index is 15.5. The van der Waals surface area contributed by atoms with Gasteiger partial charge in [-0.3, -0.25) is 10.1 Å². The predicted molar refractivity (Wildman–Crippen MR) is 168 cm³/mol. The van der Waals surface area contributed by atoms with Gasteiger partial charge in [0.25, 0.3) is 0 Å². The van der Waals surface area contributed by atoms with Crippen LogP contribution >= 0.6 is 12.6 Å². The van der Waals surface area contributed by atoms with Crippen molar-refractivity contribution >= 4 is 52.6 Å². The van der Waals surface area contributed by atoms with Gasteiger partial charge in [-0.15, -0.1) is 12.6 Å². The van der Waals surface area contributed by atoms with Crippen LogP contribution in [0, 0.1) is 5.82 Å². The van der Waals surface area contributed by atoms with E-state index >= 15 is 4.39 Å². The number of anilines is 3. The fourth-order valence-electron chi connectivity index (χ4n) is 5.43. The summed E-state index contributed by atoms with van der Waals surface area (Å²) in [5, 5.41) is 7.61. The van der Waals surface area contributed by atoms with Crippen LogP contribution in [0.15, 0.2) is 71.8 Å². The first kappa shape index (κ1) is 30.0. The van der Waals surface area contributed by atoms with Gasteiger partial charge in [-0.05, 0) is 98.3 Å². The average Bonchev–Trinajstić information content (AvgIpc) is 3.48. The first-order valence-corrected chi connectivity index (χ1v) is 14.6. The highest BCUT2D eigenvalue weighted by Crippen LogP contribution is 2.39. The predicted octanol–water partition coefficient (Wildman–Crippen LogP) is 6.73. The number of nitrogen functional groups attached to an aromatic ring is 1. The maximum Gasteiger partial charge on any atom is 0.411 e. The monoisotopic (exact) mass is 603 g/mol. The Bertz CT molecular complexity index is 1650. The van der Waals surface area contributed by atoms with E-state index in [1.807, 2.05) is 25.1 Å². The number of nitrogens with two attached hydrogens (primary N) is 1. The number of carbonyl (C=O) groups is 2. The minimum Gasteiger partial charge on any atom is -0.494 e. The van der Waals surface area contributed by atoms with Gasteiger partial charge in [-0.2, -0.15) is 0 Å². The molecule has 1 fully saturated rings. The summed E-state index contributed by atoms with van der Waals surface area (Å²) in [5.74, 6) is 0.0224. The molecule has 0 bridgehead atoms. The fourth-order valence-corrected chi connectivity index (χ4v) is 5.72. The minimum atomic E-state index is -1.07. The summed E-state index contributed by atoms with van der Waals surface area (Å²) in [6.45, 7) is 4.68. The molecule has 0 unspecified atom stereocenters. The van der Waals surface area contributed by atoms with Crippen molar-refractivity contribution in [1.82, 2.24) is 9.88 Å². The summed E-state index contributed by atoms with van der Waals surface area (Å²) < 4.78 is 26.1. The van der Waals surface area contributed by atoms with Crippen LogP contribution in [0.25, 0.3) is 10.8 Å². The van der Waals surface area contributed by atoms with Crippen LogP contribution in [0.4, 0.5) is 26.4 Å². The van der Waals surface area contributed by atoms with E-state index < -0.39 is 18.0 Å². The SMILES string of the molecule is CCOC(=O)Nc1ccc(S)c([C@H]2CCCN2C(=O)[C@H](Nc2ccc3c(N)nccc3c2)c2cc(OCC)ccc2F)c1. The number of hydrogen-bond donors (Lipinski definition) is 4. The van der Waals surface area contributed by atoms with Crippen LogP contribution in [0.3, 0.4) is 0 Å². The molecule has 11 heteroatoms. The van der Waals surface area contributed by atoms with E-state index in [4.69, 9.17) is 15.2 Å². The van der Waals surface area contributed by atoms with Crippen molar-refractivity contribution in [3.05, 3.63) is 83.8 Å². The maximum atomic E-state index is 15.5. The molecule has 0 spiro atoms. The number of amides is 2. The average molecular weight is 604 g/mol. The first-order valence-electron chi connectivity index (χ1n) is 14.2. The third-order valence-electron chi connectivity index (χ3n) is 7.39. The van der Waals surface area contributed by atoms with Gasteiger partial charge < -0.3 is 25.4 Å². The lowest BCUT2D eigenvalue weighted by molar-refractivity contribution is -0.133. The Hall–Kier alpha value is -4.51. The van der Waals surface area contributed by atoms with Gasteiger partial charge in [0, 0.05) is 40.0 Å². The highest BCUT2D eigenvalue weighted by Gasteiger charge is 2.37. The van der Waals surface area contributed by atoms with Crippen LogP contribution in [-0.2, 0) is 9.53 Å². The minimum absolute atomic E-state index is 0.166. The topological polar surface area (TPSA) is 119 Å². The Morgan fingerprint density at radius 1 is 1.09 bits per heavy atom. The number of pyridine rings is 1. The van der Waals surface area contributed by atoms with Gasteiger partial charge in [0.05, 0.1) is 19.3 Å². The number of fused-ring (bicyclic) bond motifs is 1. The molecule has 2 amide bonds. The van der Waals surface area contributed by atoms with Crippen molar-refractivity contribution in [2.45, 2.75) is 43.7 Å². The lowest BCUT2D eigenvalue weighted by Crippen LogP contribution is -2.38. The van der Waals surface area contributed by atoms with Crippen molar-refractivity contribution in [2.75, 3.05) is 36.1 Å². The first-order chi connectivity index (χ1) is 20.8. The number of aromatic nitrogens is 1. The summed E-state index contributed by atoms with van der Waals surface area (Å²) >= 11 is 4.67. The molecule has 2 heterocycles. The molecule has 1 saturated heterocycles. The second kappa shape index (κ2) is 13.2. The van der Waals surface area contributed by atoms with Gasteiger partial charge in [-0.25, -0.2) is 14.2 Å². The lowest BCUT2D eigenvalue weighted by atomic mass is 10.00. The van der Waals surface area contributed by atoms with Crippen LogP contribution < -0.4 is 21.1 Å². The largest absolute Gasteiger partial charge is 0.494 e. The van der Waals surface area contributed by atoms with E-state index in [1.165, 1.54) is 6.07 Å². The quantitative estimate of drug-likeness (QED) is 0.157. The number of halogens is 1. The van der Waals surface area contributed by atoms with Gasteiger partial charge >= 0.3 is 6.09 Å². The molecule has 43 heavy (non-hydrogen) atoms. The molecule has 9 nitrogen and oxygen atoms in total. The number of benzene rings is 3. The number of carbonyl (C=O) groups excluding carboxylic acids is 2. The molecule has 2 atom stereocenters. The summed E-state index contributed by atoms with van der Waals surface area (Å²) in [5.41, 5.74) is 8.12. The third kappa shape index (κ3) is 6.61. The molecule has 1 aliphatic rings. The third-order valence-corrected chi connectivity index (χ3v) is 7.79. The molecule has 3 aromatic carbocycles. The van der Waals surface area contributed by atoms with E-state index in [1.54, 1.807) is 54.4 Å². The van der Waals surface area contributed by atoms with E-state index in [0.29, 0.717) is 47.4 Å². The number of rotatable bonds is 9. The number of thiol groups is 1. The summed E-state index contributed by atoms with van der Waals surface area (Å²) in [7, 11) is 0. The Kier molecular flexibility index (Phi) is 9.20. The van der Waals surface area contributed by atoms with Crippen LogP contribution in [0.2, 0.25) is 0 Å². The van der Waals surface area contributed by atoms with E-state index in [0.717, 1.165) is 22.8 Å². The fraction of sp³-hybridized carbons (Fsp3) is 0.281. The molecule has 4 aromatic rings. The molecule has 1 aliphatic heterocycles. The Morgan fingerprint density at radius 3 is 2.70 bits per heavy atom. The molecule has 1 aromatic heterocycles. The van der Waals surface area contributed by atoms with Gasteiger partial charge in [-0.1, -0.05) is 0 Å². The smallest absolute Gasteiger partial charge is 0.411 e. The molecule has 0 aliphatic carbocycles. The standard InChI is InChI=1S/C32H34FN5O4S/c1-3-41-22-9-11-26(33)24(18-22)29(36-20-7-10-23-19(16-20)13-14-35-30(23)34)31(39)38-15-5-6-27(38)25-17-21(8-12-28(25)43)37-32(40)42-4-2/h7-14,16-18,27,29,36,43H,3-6,15H2,1-2H3,(H2,34,35)(H,37,40)/t27-,29-/m1/s1. The number of likely N-dealkylation sites (tertiary alicyclic amines) is 1. The van der Waals surface area contributed by atoms with Gasteiger partial charge in [0.1, 0.15) is 23.4 Å². The molecular formula is C32H34FN5O4S. The number of nitrogens with one attached hydrogen (secondary N) is 2. The van der Waals surface area contributed by atoms with Crippen molar-refractivity contribution < 1.29 is 23.5 Å². The number of ether oxygens (including phenoxy) is 2. The van der Waals surface area contributed by atoms with Crippen molar-refractivity contribution in [2.24, 2.45) is 0 Å². The van der Waals surface area contributed by atoms with Crippen molar-refractivity contribution in [1.29, 1.82) is 0 Å². The zero-order valence-electron chi connectivity index (χ0n) is 24.0. The summed E-state index contributed by atoms with van der Waals surface area (Å²) in [4.78, 5) is 33.0. The second-order valence-electron chi connectivity index (χ2n) is 10.1. The van der Waals surface area contributed by atoms with E-state index in [9.17, 15) is 9.59 Å². The lowest BCUT2D eigenvalue weighted by Gasteiger charge is -2.31. The van der Waals surface area contributed by atoms with Crippen molar-refractivity contribution in [3.63, 3.8) is 0 Å². The summed E-state index contributed by atoms with van der Waals surface area (Å²) in [6, 6.07) is 15.6. The highest BCUT2D eigenvalue weighted by atomic mass is 32.1. The highest BCUT2D eigenvalue weighted by molar-refractivity contribution is 7.80. The van der Waals surface area contributed by atoms with Crippen LogP contribution in [-0.4, -0.2) is 41.6 Å². The Balaban J connectivity index is 1.52.